The van der Waals surface area contributed by atoms with Gasteiger partial charge in [-0.25, -0.2) is 9.59 Å². The molecule has 11 N–H and O–H groups in total. The standard InChI is InChI=1S/C18H28O18/c19-1-2-3(20)5(22)12(16(31)32-2)35-18-13(8(25)7(24)11(34-18)15(29)30)36-17-9(26)4(21)6(23)10(33-17)14(27)28/h2-13,16-26,31H,1H2,(H,27,28)(H,29,30)/t2-,3-,4+,5+,6+,7-,8+,9-,10+,11+,12+,13-,16-,17-,18-/m1/s1. The largest absolute Gasteiger partial charge is 0.479 e. The van der Waals surface area contributed by atoms with Gasteiger partial charge in [-0.05, 0) is 0 Å². The minimum Gasteiger partial charge on any atom is -0.479 e. The van der Waals surface area contributed by atoms with Gasteiger partial charge in [0.15, 0.2) is 31.1 Å². The lowest BCUT2D eigenvalue weighted by Gasteiger charge is -2.47. The molecule has 3 rings (SSSR count). The van der Waals surface area contributed by atoms with Crippen LogP contribution >= 0.6 is 0 Å². The van der Waals surface area contributed by atoms with Gasteiger partial charge in [-0.15, -0.1) is 0 Å². The molecule has 3 heterocycles. The van der Waals surface area contributed by atoms with Crippen molar-refractivity contribution in [3.63, 3.8) is 0 Å². The number of carboxylic acids is 2. The molecule has 0 aliphatic carbocycles. The van der Waals surface area contributed by atoms with E-state index in [0.29, 0.717) is 0 Å². The Morgan fingerprint density at radius 1 is 0.583 bits per heavy atom. The summed E-state index contributed by atoms with van der Waals surface area (Å²) in [4.78, 5) is 22.8. The Bertz CT molecular complexity index is 781. The van der Waals surface area contributed by atoms with Gasteiger partial charge in [-0.3, -0.25) is 0 Å². The number of hydrogen-bond acceptors (Lipinski definition) is 16. The quantitative estimate of drug-likeness (QED) is 0.145. The second kappa shape index (κ2) is 11.4. The van der Waals surface area contributed by atoms with Crippen LogP contribution in [0.5, 0.6) is 0 Å². The fourth-order valence-corrected chi connectivity index (χ4v) is 3.99. The van der Waals surface area contributed by atoms with E-state index in [0.717, 1.165) is 0 Å². The third-order valence-electron chi connectivity index (χ3n) is 6.03. The van der Waals surface area contributed by atoms with E-state index in [4.69, 9.17) is 23.7 Å². The Morgan fingerprint density at radius 3 is 1.58 bits per heavy atom. The first-order chi connectivity index (χ1) is 16.8. The lowest BCUT2D eigenvalue weighted by Crippen LogP contribution is -2.67. The van der Waals surface area contributed by atoms with Crippen LogP contribution in [0.3, 0.4) is 0 Å². The minimum atomic E-state index is -2.21. The molecule has 0 aromatic heterocycles. The number of carbonyl (C=O) groups is 2. The van der Waals surface area contributed by atoms with E-state index in [1.54, 1.807) is 0 Å². The van der Waals surface area contributed by atoms with Crippen LogP contribution in [0.4, 0.5) is 0 Å². The van der Waals surface area contributed by atoms with E-state index in [-0.39, 0.29) is 0 Å². The van der Waals surface area contributed by atoms with Crippen molar-refractivity contribution < 1.29 is 89.4 Å². The van der Waals surface area contributed by atoms with Crippen LogP contribution in [0, 0.1) is 0 Å². The Morgan fingerprint density at radius 2 is 1.06 bits per heavy atom. The summed E-state index contributed by atoms with van der Waals surface area (Å²) in [5.74, 6) is -3.55. The third kappa shape index (κ3) is 5.47. The summed E-state index contributed by atoms with van der Waals surface area (Å²) in [5.41, 5.74) is 0. The topological polar surface area (TPSA) is 303 Å². The normalized spacial score (nSPS) is 50.0. The zero-order valence-electron chi connectivity index (χ0n) is 18.1. The number of aliphatic hydroxyl groups is 9. The van der Waals surface area contributed by atoms with Gasteiger partial charge < -0.3 is 79.9 Å². The van der Waals surface area contributed by atoms with E-state index < -0.39 is 111 Å². The van der Waals surface area contributed by atoms with Crippen LogP contribution in [0.2, 0.25) is 0 Å². The first kappa shape index (κ1) is 28.9. The predicted octanol–water partition coefficient (Wildman–Crippen LogP) is -7.39. The summed E-state index contributed by atoms with van der Waals surface area (Å²) in [6.07, 6.45) is -30.5. The smallest absolute Gasteiger partial charge is 0.335 e. The van der Waals surface area contributed by atoms with E-state index in [2.05, 4.69) is 0 Å². The van der Waals surface area contributed by atoms with Gasteiger partial charge in [-0.2, -0.15) is 0 Å². The first-order valence-electron chi connectivity index (χ1n) is 10.6. The highest BCUT2D eigenvalue weighted by Crippen LogP contribution is 2.32. The van der Waals surface area contributed by atoms with Crippen molar-refractivity contribution in [2.45, 2.75) is 92.1 Å². The molecule has 0 spiro atoms. The maximum absolute atomic E-state index is 11.5. The van der Waals surface area contributed by atoms with E-state index in [1.807, 2.05) is 0 Å². The van der Waals surface area contributed by atoms with Gasteiger partial charge in [0, 0.05) is 0 Å². The molecule has 36 heavy (non-hydrogen) atoms. The molecule has 0 aromatic carbocycles. The molecular weight excluding hydrogens is 504 g/mol. The molecule has 3 fully saturated rings. The Hall–Kier alpha value is -1.62. The van der Waals surface area contributed by atoms with Crippen LogP contribution in [0.1, 0.15) is 0 Å². The third-order valence-corrected chi connectivity index (χ3v) is 6.03. The molecule has 0 bridgehead atoms. The molecule has 208 valence electrons. The molecule has 0 aromatic rings. The van der Waals surface area contributed by atoms with Crippen molar-refractivity contribution in [3.8, 4) is 0 Å². The molecule has 18 heteroatoms. The van der Waals surface area contributed by atoms with Crippen molar-refractivity contribution in [3.05, 3.63) is 0 Å². The van der Waals surface area contributed by atoms with Crippen molar-refractivity contribution in [1.82, 2.24) is 0 Å². The van der Waals surface area contributed by atoms with Crippen LogP contribution in [0.25, 0.3) is 0 Å². The second-order valence-corrected chi connectivity index (χ2v) is 8.41. The van der Waals surface area contributed by atoms with Crippen molar-refractivity contribution in [1.29, 1.82) is 0 Å². The SMILES string of the molecule is O=C(O)[C@H]1O[C@H](O[C@H]2[C@@H](O)[C@H](O)[C@@H](CO)O[C@H]2O)[C@H](O[C@H]2O[C@H](C(=O)O)[C@@H](O)[C@H](O)[C@H]2O)[C@@H](O)[C@H]1O. The summed E-state index contributed by atoms with van der Waals surface area (Å²) in [6, 6.07) is 0. The number of hydrogen-bond donors (Lipinski definition) is 11. The van der Waals surface area contributed by atoms with Gasteiger partial charge in [0.25, 0.3) is 0 Å². The summed E-state index contributed by atoms with van der Waals surface area (Å²) in [5, 5.41) is 109. The van der Waals surface area contributed by atoms with Crippen LogP contribution in [0.15, 0.2) is 0 Å². The predicted molar refractivity (Wildman–Crippen MR) is 102 cm³/mol. The maximum Gasteiger partial charge on any atom is 0.335 e. The fraction of sp³-hybridized carbons (Fsp3) is 0.889. The molecule has 0 unspecified atom stereocenters. The van der Waals surface area contributed by atoms with E-state index in [9.17, 15) is 65.8 Å². The summed E-state index contributed by atoms with van der Waals surface area (Å²) in [7, 11) is 0. The van der Waals surface area contributed by atoms with E-state index in [1.165, 1.54) is 0 Å². The molecule has 0 amide bonds. The van der Waals surface area contributed by atoms with Crippen LogP contribution in [-0.2, 0) is 33.3 Å². The van der Waals surface area contributed by atoms with Gasteiger partial charge in [0.05, 0.1) is 6.61 Å². The van der Waals surface area contributed by atoms with Gasteiger partial charge in [0.2, 0.25) is 0 Å². The average Bonchev–Trinajstić information content (AvgIpc) is 2.82. The fourth-order valence-electron chi connectivity index (χ4n) is 3.99. The number of carboxylic acid groups (broad SMARTS) is 2. The molecule has 0 radical (unpaired) electrons. The highest BCUT2D eigenvalue weighted by Gasteiger charge is 2.55. The molecule has 15 atom stereocenters. The minimum absolute atomic E-state index is 0.810. The summed E-state index contributed by atoms with van der Waals surface area (Å²) >= 11 is 0. The van der Waals surface area contributed by atoms with Crippen molar-refractivity contribution in [2.75, 3.05) is 6.61 Å². The lowest BCUT2D eigenvalue weighted by molar-refractivity contribution is -0.385. The Labute approximate surface area is 201 Å². The van der Waals surface area contributed by atoms with Crippen LogP contribution in [-0.4, -0.2) is 167 Å². The Kier molecular flexibility index (Phi) is 9.17. The van der Waals surface area contributed by atoms with Gasteiger partial charge >= 0.3 is 11.9 Å². The lowest BCUT2D eigenvalue weighted by atomic mass is 9.96. The number of ether oxygens (including phenoxy) is 5. The zero-order chi connectivity index (χ0) is 27.1. The first-order valence-corrected chi connectivity index (χ1v) is 10.6. The molecule has 0 saturated carbocycles. The number of aliphatic carboxylic acids is 2. The average molecular weight is 532 g/mol. The summed E-state index contributed by atoms with van der Waals surface area (Å²) < 4.78 is 25.6. The Balaban J connectivity index is 1.87. The molecular formula is C18H28O18. The highest BCUT2D eigenvalue weighted by atomic mass is 16.8. The van der Waals surface area contributed by atoms with Crippen molar-refractivity contribution >= 4 is 11.9 Å². The number of rotatable bonds is 7. The number of aliphatic hydroxyl groups excluding tert-OH is 9. The van der Waals surface area contributed by atoms with E-state index >= 15 is 0 Å². The molecule has 18 nitrogen and oxygen atoms in total. The molecule has 3 saturated heterocycles. The van der Waals surface area contributed by atoms with Gasteiger partial charge in [-0.1, -0.05) is 0 Å². The van der Waals surface area contributed by atoms with Crippen LogP contribution < -0.4 is 0 Å². The summed E-state index contributed by atoms with van der Waals surface area (Å²) in [6.45, 7) is -0.810. The molecule has 3 aliphatic heterocycles. The maximum atomic E-state index is 11.5. The monoisotopic (exact) mass is 532 g/mol. The zero-order valence-corrected chi connectivity index (χ0v) is 18.1. The molecule has 3 aliphatic rings. The van der Waals surface area contributed by atoms with Crippen molar-refractivity contribution in [2.24, 2.45) is 0 Å². The second-order valence-electron chi connectivity index (χ2n) is 8.41. The highest BCUT2D eigenvalue weighted by molar-refractivity contribution is 5.73. The van der Waals surface area contributed by atoms with Gasteiger partial charge in [0.1, 0.15) is 61.0 Å².